The lowest BCUT2D eigenvalue weighted by Crippen LogP contribution is -2.48. The lowest BCUT2D eigenvalue weighted by atomic mass is 10.1. The number of pyridine rings is 1. The Morgan fingerprint density at radius 2 is 1.75 bits per heavy atom. The number of hydrogen-bond acceptors (Lipinski definition) is 4. The summed E-state index contributed by atoms with van der Waals surface area (Å²) in [5.41, 5.74) is 3.58. The van der Waals surface area contributed by atoms with Crippen LogP contribution >= 0.6 is 24.0 Å². The van der Waals surface area contributed by atoms with Crippen molar-refractivity contribution in [3.8, 4) is 0 Å². The second kappa shape index (κ2) is 12.1. The van der Waals surface area contributed by atoms with E-state index in [2.05, 4.69) is 80.9 Å². The molecule has 0 amide bonds. The predicted molar refractivity (Wildman–Crippen MR) is 145 cm³/mol. The van der Waals surface area contributed by atoms with Crippen molar-refractivity contribution < 1.29 is 0 Å². The van der Waals surface area contributed by atoms with Gasteiger partial charge in [-0.3, -0.25) is 0 Å². The Balaban J connectivity index is 0.00000289. The largest absolute Gasteiger partial charge is 0.364 e. The van der Waals surface area contributed by atoms with E-state index in [1.165, 1.54) is 11.3 Å². The summed E-state index contributed by atoms with van der Waals surface area (Å²) in [6.45, 7) is 9.74. The van der Waals surface area contributed by atoms with Gasteiger partial charge in [0.05, 0.1) is 6.54 Å². The van der Waals surface area contributed by atoms with Crippen LogP contribution in [-0.4, -0.2) is 49.7 Å². The number of hydrogen-bond donors (Lipinski definition) is 2. The molecule has 7 heteroatoms. The number of rotatable bonds is 6. The van der Waals surface area contributed by atoms with E-state index < -0.39 is 0 Å². The Hall–Kier alpha value is -2.29. The molecule has 172 valence electrons. The molecule has 0 atom stereocenters. The summed E-state index contributed by atoms with van der Waals surface area (Å²) in [6, 6.07) is 15.5. The van der Waals surface area contributed by atoms with Crippen LogP contribution in [-0.2, 0) is 6.54 Å². The fourth-order valence-corrected chi connectivity index (χ4v) is 4.14. The van der Waals surface area contributed by atoms with Crippen molar-refractivity contribution in [3.63, 3.8) is 0 Å². The highest BCUT2D eigenvalue weighted by atomic mass is 127. The Labute approximate surface area is 209 Å². The molecule has 2 aliphatic heterocycles. The standard InChI is InChI=1S/C25H34N6.HI/c1-3-26-25(27-19-21-9-11-23(12-10-21)30-15-4-5-16-30)29-22-13-17-31(18-14-22)24-8-6-7-20(2)28-24;/h4-12,22H,3,13-19H2,1-2H3,(H2,26,27,29);1H. The van der Waals surface area contributed by atoms with Crippen molar-refractivity contribution in [3.05, 3.63) is 65.9 Å². The third-order valence-electron chi connectivity index (χ3n) is 5.92. The first-order chi connectivity index (χ1) is 15.2. The molecule has 2 N–H and O–H groups in total. The van der Waals surface area contributed by atoms with Gasteiger partial charge in [0.1, 0.15) is 5.82 Å². The number of aromatic nitrogens is 1. The number of aryl methyl sites for hydroxylation is 1. The summed E-state index contributed by atoms with van der Waals surface area (Å²) in [6.07, 6.45) is 6.60. The van der Waals surface area contributed by atoms with Crippen molar-refractivity contribution in [1.82, 2.24) is 15.6 Å². The van der Waals surface area contributed by atoms with Gasteiger partial charge < -0.3 is 20.4 Å². The first-order valence-corrected chi connectivity index (χ1v) is 11.4. The highest BCUT2D eigenvalue weighted by Gasteiger charge is 2.21. The van der Waals surface area contributed by atoms with Crippen LogP contribution in [0.5, 0.6) is 0 Å². The second-order valence-corrected chi connectivity index (χ2v) is 8.28. The zero-order valence-electron chi connectivity index (χ0n) is 19.1. The van der Waals surface area contributed by atoms with Crippen molar-refractivity contribution in [2.45, 2.75) is 39.3 Å². The maximum Gasteiger partial charge on any atom is 0.191 e. The SMILES string of the molecule is CCNC(=NCc1ccc(N2CC=CC2)cc1)NC1CCN(c2cccc(C)n2)CC1.I. The smallest absolute Gasteiger partial charge is 0.191 e. The molecule has 2 aromatic rings. The first kappa shape index (κ1) is 24.4. The molecule has 1 saturated heterocycles. The van der Waals surface area contributed by atoms with E-state index in [1.54, 1.807) is 0 Å². The second-order valence-electron chi connectivity index (χ2n) is 8.28. The van der Waals surface area contributed by atoms with Gasteiger partial charge in [-0.05, 0) is 56.5 Å². The number of benzene rings is 1. The van der Waals surface area contributed by atoms with Crippen LogP contribution in [0.3, 0.4) is 0 Å². The van der Waals surface area contributed by atoms with Gasteiger partial charge in [-0.25, -0.2) is 9.98 Å². The molecule has 0 aliphatic carbocycles. The van der Waals surface area contributed by atoms with Crippen LogP contribution in [0.15, 0.2) is 59.6 Å². The molecule has 32 heavy (non-hydrogen) atoms. The molecule has 1 aromatic carbocycles. The topological polar surface area (TPSA) is 55.8 Å². The number of guanidine groups is 1. The molecule has 0 unspecified atom stereocenters. The van der Waals surface area contributed by atoms with Crippen molar-refractivity contribution in [2.24, 2.45) is 4.99 Å². The summed E-state index contributed by atoms with van der Waals surface area (Å²) in [5.74, 6) is 2.00. The van der Waals surface area contributed by atoms with Crippen LogP contribution in [0.4, 0.5) is 11.5 Å². The molecule has 0 saturated carbocycles. The zero-order valence-corrected chi connectivity index (χ0v) is 21.5. The van der Waals surface area contributed by atoms with E-state index in [4.69, 9.17) is 4.99 Å². The fraction of sp³-hybridized carbons (Fsp3) is 0.440. The highest BCUT2D eigenvalue weighted by molar-refractivity contribution is 14.0. The molecule has 0 bridgehead atoms. The molecule has 1 aromatic heterocycles. The van der Waals surface area contributed by atoms with E-state index in [9.17, 15) is 0 Å². The Morgan fingerprint density at radius 3 is 2.41 bits per heavy atom. The highest BCUT2D eigenvalue weighted by Crippen LogP contribution is 2.19. The lowest BCUT2D eigenvalue weighted by Gasteiger charge is -2.34. The number of piperidine rings is 1. The van der Waals surface area contributed by atoms with Gasteiger partial charge in [0, 0.05) is 50.1 Å². The Morgan fingerprint density at radius 1 is 1.03 bits per heavy atom. The molecule has 6 nitrogen and oxygen atoms in total. The summed E-state index contributed by atoms with van der Waals surface area (Å²) in [4.78, 5) is 14.2. The summed E-state index contributed by atoms with van der Waals surface area (Å²) < 4.78 is 0. The zero-order chi connectivity index (χ0) is 21.5. The predicted octanol–water partition coefficient (Wildman–Crippen LogP) is 4.11. The molecule has 0 spiro atoms. The monoisotopic (exact) mass is 546 g/mol. The van der Waals surface area contributed by atoms with Crippen LogP contribution in [0.1, 0.15) is 31.0 Å². The minimum Gasteiger partial charge on any atom is -0.364 e. The third kappa shape index (κ3) is 6.60. The molecule has 4 rings (SSSR count). The van der Waals surface area contributed by atoms with E-state index in [1.807, 2.05) is 13.0 Å². The van der Waals surface area contributed by atoms with Crippen molar-refractivity contribution >= 4 is 41.4 Å². The molecular formula is C25H35IN6. The summed E-state index contributed by atoms with van der Waals surface area (Å²) in [5, 5.41) is 7.05. The van der Waals surface area contributed by atoms with Crippen LogP contribution < -0.4 is 20.4 Å². The minimum absolute atomic E-state index is 0. The van der Waals surface area contributed by atoms with Gasteiger partial charge in [-0.15, -0.1) is 24.0 Å². The number of nitrogens with one attached hydrogen (secondary N) is 2. The number of aliphatic imine (C=N–C) groups is 1. The maximum absolute atomic E-state index is 4.84. The van der Waals surface area contributed by atoms with Gasteiger partial charge in [0.25, 0.3) is 0 Å². The maximum atomic E-state index is 4.84. The van der Waals surface area contributed by atoms with Crippen LogP contribution in [0.2, 0.25) is 0 Å². The van der Waals surface area contributed by atoms with Gasteiger partial charge in [0.2, 0.25) is 0 Å². The average Bonchev–Trinajstić information content (AvgIpc) is 3.34. The third-order valence-corrected chi connectivity index (χ3v) is 5.92. The van der Waals surface area contributed by atoms with Crippen LogP contribution in [0.25, 0.3) is 0 Å². The Kier molecular flexibility index (Phi) is 9.20. The molecule has 1 fully saturated rings. The Bertz CT molecular complexity index is 895. The normalized spacial score (nSPS) is 16.8. The summed E-state index contributed by atoms with van der Waals surface area (Å²) >= 11 is 0. The summed E-state index contributed by atoms with van der Waals surface area (Å²) in [7, 11) is 0. The van der Waals surface area contributed by atoms with Gasteiger partial charge in [0.15, 0.2) is 5.96 Å². The number of halogens is 1. The van der Waals surface area contributed by atoms with E-state index in [-0.39, 0.29) is 24.0 Å². The van der Waals surface area contributed by atoms with Crippen LogP contribution in [0, 0.1) is 6.92 Å². The van der Waals surface area contributed by atoms with E-state index >= 15 is 0 Å². The number of anilines is 2. The lowest BCUT2D eigenvalue weighted by molar-refractivity contribution is 0.459. The number of nitrogens with zero attached hydrogens (tertiary/aromatic N) is 4. The minimum atomic E-state index is 0. The van der Waals surface area contributed by atoms with Gasteiger partial charge in [-0.2, -0.15) is 0 Å². The van der Waals surface area contributed by atoms with Crippen molar-refractivity contribution in [1.29, 1.82) is 0 Å². The van der Waals surface area contributed by atoms with Gasteiger partial charge >= 0.3 is 0 Å². The van der Waals surface area contributed by atoms with Crippen molar-refractivity contribution in [2.75, 3.05) is 42.5 Å². The van der Waals surface area contributed by atoms with E-state index in [0.29, 0.717) is 12.6 Å². The quantitative estimate of drug-likeness (QED) is 0.247. The van der Waals surface area contributed by atoms with E-state index in [0.717, 1.165) is 63.0 Å². The molecule has 0 radical (unpaired) electrons. The average molecular weight is 547 g/mol. The van der Waals surface area contributed by atoms with Gasteiger partial charge in [-0.1, -0.05) is 30.4 Å². The molecule has 2 aliphatic rings. The molecular weight excluding hydrogens is 511 g/mol. The molecule has 3 heterocycles. The fourth-order valence-electron chi connectivity index (χ4n) is 4.14. The first-order valence-electron chi connectivity index (χ1n) is 11.4.